The lowest BCUT2D eigenvalue weighted by Gasteiger charge is -2.18. The lowest BCUT2D eigenvalue weighted by atomic mass is 10.1. The molecule has 0 aliphatic heterocycles. The van der Waals surface area contributed by atoms with Crippen LogP contribution in [-0.2, 0) is 34.5 Å². The maximum absolute atomic E-state index is 13.4. The Hall–Kier alpha value is -4.26. The van der Waals surface area contributed by atoms with Crippen LogP contribution in [0, 0.1) is 11.6 Å². The molecule has 2 heterocycles. The molecule has 2 aromatic heterocycles. The third-order valence-electron chi connectivity index (χ3n) is 6.61. The van der Waals surface area contributed by atoms with Crippen molar-refractivity contribution in [1.82, 2.24) is 23.8 Å². The molecule has 8 nitrogen and oxygen atoms in total. The van der Waals surface area contributed by atoms with Crippen LogP contribution in [0.2, 0.25) is 0 Å². The van der Waals surface area contributed by atoms with Crippen molar-refractivity contribution in [3.8, 4) is 5.69 Å². The second-order valence-corrected chi connectivity index (χ2v) is 12.9. The first kappa shape index (κ1) is 30.2. The molecule has 0 aliphatic rings. The monoisotopic (exact) mass is 619 g/mol. The van der Waals surface area contributed by atoms with Crippen LogP contribution in [0.3, 0.4) is 0 Å². The number of sulfonamides is 1. The summed E-state index contributed by atoms with van der Waals surface area (Å²) in [6, 6.07) is 18.8. The van der Waals surface area contributed by atoms with Crippen LogP contribution in [0.1, 0.15) is 27.8 Å². The van der Waals surface area contributed by atoms with Gasteiger partial charge >= 0.3 is 0 Å². The molecule has 0 saturated carbocycles. The van der Waals surface area contributed by atoms with E-state index < -0.39 is 10.0 Å². The van der Waals surface area contributed by atoms with Gasteiger partial charge in [0.15, 0.2) is 5.16 Å². The van der Waals surface area contributed by atoms with Crippen LogP contribution >= 0.6 is 11.8 Å². The van der Waals surface area contributed by atoms with Gasteiger partial charge in [0.05, 0.1) is 5.75 Å². The summed E-state index contributed by atoms with van der Waals surface area (Å²) < 4.78 is 55.7. The zero-order valence-corrected chi connectivity index (χ0v) is 24.7. The minimum absolute atomic E-state index is 0.119. The van der Waals surface area contributed by atoms with Crippen LogP contribution in [0.15, 0.2) is 108 Å². The van der Waals surface area contributed by atoms with E-state index in [1.165, 1.54) is 53.7 Å². The smallest absolute Gasteiger partial charge is 0.277 e. The van der Waals surface area contributed by atoms with Crippen molar-refractivity contribution in [2.45, 2.75) is 29.6 Å². The second kappa shape index (κ2) is 13.4. The van der Waals surface area contributed by atoms with Gasteiger partial charge in [-0.05, 0) is 58.7 Å². The van der Waals surface area contributed by atoms with E-state index in [9.17, 15) is 22.0 Å². The van der Waals surface area contributed by atoms with Crippen LogP contribution in [-0.4, -0.2) is 39.3 Å². The molecule has 0 saturated heterocycles. The van der Waals surface area contributed by atoms with E-state index in [1.54, 1.807) is 71.7 Å². The second-order valence-electron chi connectivity index (χ2n) is 9.87. The quantitative estimate of drug-likeness (QED) is 0.149. The topological polar surface area (TPSA) is 98.0 Å². The number of aromatic nitrogens is 4. The number of benzene rings is 3. The standard InChI is InChI=1S/C31H27F2N5O3S2/c1-37(17-22-2-8-27(32)9-3-22)43(40,41)20-24-6-12-29(13-7-24)38-18-26(14-25-15-34-21-35-16-25)30(39)36-31(38)42-19-23-4-10-28(33)11-5-23/h2-13,15-16,18,21H,14,17,19-20H2,1H3. The van der Waals surface area contributed by atoms with Crippen LogP contribution in [0.5, 0.6) is 0 Å². The fraction of sp³-hybridized carbons (Fsp3) is 0.161. The Morgan fingerprint density at radius 3 is 2.02 bits per heavy atom. The Kier molecular flexibility index (Phi) is 9.39. The van der Waals surface area contributed by atoms with Crippen molar-refractivity contribution < 1.29 is 17.2 Å². The number of halogens is 2. The number of thioether (sulfide) groups is 1. The Morgan fingerprint density at radius 2 is 1.40 bits per heavy atom. The van der Waals surface area contributed by atoms with Crippen molar-refractivity contribution >= 4 is 21.8 Å². The summed E-state index contributed by atoms with van der Waals surface area (Å²) in [6.45, 7) is 0.119. The highest BCUT2D eigenvalue weighted by molar-refractivity contribution is 7.98. The molecule has 0 radical (unpaired) electrons. The largest absolute Gasteiger partial charge is 0.296 e. The van der Waals surface area contributed by atoms with E-state index >= 15 is 0 Å². The highest BCUT2D eigenvalue weighted by Gasteiger charge is 2.19. The van der Waals surface area contributed by atoms with Crippen LogP contribution in [0.4, 0.5) is 8.78 Å². The highest BCUT2D eigenvalue weighted by atomic mass is 32.2. The van der Waals surface area contributed by atoms with Crippen molar-refractivity contribution in [1.29, 1.82) is 0 Å². The van der Waals surface area contributed by atoms with Crippen molar-refractivity contribution in [2.75, 3.05) is 7.05 Å². The lowest BCUT2D eigenvalue weighted by molar-refractivity contribution is 0.465. The zero-order chi connectivity index (χ0) is 30.4. The average Bonchev–Trinajstić information content (AvgIpc) is 3.00. The number of hydrogen-bond donors (Lipinski definition) is 0. The molecule has 5 rings (SSSR count). The SMILES string of the molecule is CN(Cc1ccc(F)cc1)S(=O)(=O)Cc1ccc(-n2cc(Cc3cncnc3)c(=O)nc2SCc2ccc(F)cc2)cc1. The first-order valence-electron chi connectivity index (χ1n) is 13.2. The third-order valence-corrected chi connectivity index (χ3v) is 9.41. The normalized spacial score (nSPS) is 11.6. The Bertz CT molecular complexity index is 1850. The van der Waals surface area contributed by atoms with Gasteiger partial charge in [-0.2, -0.15) is 4.98 Å². The predicted octanol–water partition coefficient (Wildman–Crippen LogP) is 5.15. The predicted molar refractivity (Wildman–Crippen MR) is 161 cm³/mol. The van der Waals surface area contributed by atoms with Crippen molar-refractivity contribution in [2.24, 2.45) is 0 Å². The molecular formula is C31H27F2N5O3S2. The van der Waals surface area contributed by atoms with E-state index in [2.05, 4.69) is 15.0 Å². The van der Waals surface area contributed by atoms with Crippen LogP contribution < -0.4 is 5.56 Å². The Morgan fingerprint density at radius 1 is 0.814 bits per heavy atom. The van der Waals surface area contributed by atoms with Gasteiger partial charge in [-0.25, -0.2) is 31.5 Å². The molecule has 0 unspecified atom stereocenters. The van der Waals surface area contributed by atoms with Gasteiger partial charge in [0.2, 0.25) is 10.0 Å². The van der Waals surface area contributed by atoms with Gasteiger partial charge in [-0.15, -0.1) is 0 Å². The molecule has 0 atom stereocenters. The molecule has 43 heavy (non-hydrogen) atoms. The van der Waals surface area contributed by atoms with Gasteiger partial charge < -0.3 is 0 Å². The third kappa shape index (κ3) is 7.98. The van der Waals surface area contributed by atoms with E-state index in [4.69, 9.17) is 0 Å². The fourth-order valence-corrected chi connectivity index (χ4v) is 6.39. The summed E-state index contributed by atoms with van der Waals surface area (Å²) in [6.07, 6.45) is 6.69. The lowest BCUT2D eigenvalue weighted by Crippen LogP contribution is -2.27. The summed E-state index contributed by atoms with van der Waals surface area (Å²) in [5.41, 5.74) is 3.61. The molecule has 3 aromatic carbocycles. The number of hydrogen-bond acceptors (Lipinski definition) is 7. The minimum atomic E-state index is -3.66. The van der Waals surface area contributed by atoms with Gasteiger partial charge in [0.1, 0.15) is 18.0 Å². The summed E-state index contributed by atoms with van der Waals surface area (Å²) >= 11 is 1.33. The Balaban J connectivity index is 1.39. The van der Waals surface area contributed by atoms with E-state index in [-0.39, 0.29) is 35.9 Å². The van der Waals surface area contributed by atoms with Crippen LogP contribution in [0.25, 0.3) is 5.69 Å². The van der Waals surface area contributed by atoms with E-state index in [0.717, 1.165) is 11.1 Å². The summed E-state index contributed by atoms with van der Waals surface area (Å²) in [5.74, 6) is -0.485. The minimum Gasteiger partial charge on any atom is -0.296 e. The molecule has 0 bridgehead atoms. The molecule has 5 aromatic rings. The molecule has 0 spiro atoms. The average molecular weight is 620 g/mol. The molecule has 0 fully saturated rings. The highest BCUT2D eigenvalue weighted by Crippen LogP contribution is 2.25. The summed E-state index contributed by atoms with van der Waals surface area (Å²) in [7, 11) is -2.17. The first-order chi connectivity index (χ1) is 20.7. The molecule has 12 heteroatoms. The summed E-state index contributed by atoms with van der Waals surface area (Å²) in [4.78, 5) is 25.4. The molecule has 0 aliphatic carbocycles. The number of rotatable bonds is 11. The maximum Gasteiger partial charge on any atom is 0.277 e. The van der Waals surface area contributed by atoms with Crippen molar-refractivity contribution in [3.05, 3.63) is 148 Å². The molecule has 0 N–H and O–H groups in total. The fourth-order valence-electron chi connectivity index (χ4n) is 4.28. The molecular weight excluding hydrogens is 593 g/mol. The van der Waals surface area contributed by atoms with Crippen molar-refractivity contribution in [3.63, 3.8) is 0 Å². The van der Waals surface area contributed by atoms with Gasteiger partial charge in [0.25, 0.3) is 5.56 Å². The van der Waals surface area contributed by atoms with E-state index in [1.807, 2.05) is 0 Å². The summed E-state index contributed by atoms with van der Waals surface area (Å²) in [5, 5.41) is 0.432. The Labute approximate surface area is 252 Å². The number of nitrogens with zero attached hydrogens (tertiary/aromatic N) is 5. The molecule has 0 amide bonds. The van der Waals surface area contributed by atoms with Gasteiger partial charge in [-0.1, -0.05) is 48.2 Å². The van der Waals surface area contributed by atoms with Gasteiger partial charge in [0, 0.05) is 55.6 Å². The maximum atomic E-state index is 13.4. The zero-order valence-electron chi connectivity index (χ0n) is 23.1. The van der Waals surface area contributed by atoms with E-state index in [0.29, 0.717) is 33.3 Å². The molecule has 220 valence electrons. The van der Waals surface area contributed by atoms with Gasteiger partial charge in [-0.3, -0.25) is 9.36 Å². The first-order valence-corrected chi connectivity index (χ1v) is 15.8.